The van der Waals surface area contributed by atoms with Crippen LogP contribution in [0.4, 0.5) is 4.39 Å². The summed E-state index contributed by atoms with van der Waals surface area (Å²) in [5.74, 6) is -0.183. The summed E-state index contributed by atoms with van der Waals surface area (Å²) in [6.45, 7) is 4.87. The molecular formula is C12H18FNOS. The van der Waals surface area contributed by atoms with Crippen LogP contribution < -0.4 is 5.32 Å². The predicted octanol–water partition coefficient (Wildman–Crippen LogP) is 2.93. The van der Waals surface area contributed by atoms with Crippen LogP contribution in [-0.4, -0.2) is 23.2 Å². The van der Waals surface area contributed by atoms with Gasteiger partial charge in [0.2, 0.25) is 0 Å². The molecule has 0 fully saturated rings. The number of hydrogen-bond donors (Lipinski definition) is 2. The number of rotatable bonds is 5. The lowest BCUT2D eigenvalue weighted by atomic mass is 10.1. The van der Waals surface area contributed by atoms with Crippen molar-refractivity contribution in [3.8, 4) is 5.75 Å². The van der Waals surface area contributed by atoms with Gasteiger partial charge < -0.3 is 10.4 Å². The second-order valence-electron chi connectivity index (χ2n) is 3.88. The van der Waals surface area contributed by atoms with Crippen molar-refractivity contribution < 1.29 is 9.50 Å². The van der Waals surface area contributed by atoms with Gasteiger partial charge in [0.15, 0.2) is 0 Å². The Balaban J connectivity index is 2.65. The second kappa shape index (κ2) is 6.11. The van der Waals surface area contributed by atoms with Crippen LogP contribution >= 0.6 is 11.8 Å². The lowest BCUT2D eigenvalue weighted by molar-refractivity contribution is 0.450. The van der Waals surface area contributed by atoms with Crippen molar-refractivity contribution in [2.24, 2.45) is 0 Å². The molecule has 0 bridgehead atoms. The number of nitrogens with one attached hydrogen (secondary N) is 1. The van der Waals surface area contributed by atoms with E-state index in [1.165, 1.54) is 18.2 Å². The van der Waals surface area contributed by atoms with Gasteiger partial charge in [0.1, 0.15) is 11.6 Å². The van der Waals surface area contributed by atoms with E-state index in [9.17, 15) is 9.50 Å². The van der Waals surface area contributed by atoms with Crippen molar-refractivity contribution in [2.75, 3.05) is 12.8 Å². The summed E-state index contributed by atoms with van der Waals surface area (Å²) in [5.41, 5.74) is 0.605. The molecule has 0 saturated carbocycles. The first-order valence-electron chi connectivity index (χ1n) is 5.29. The molecule has 0 aromatic heterocycles. The van der Waals surface area contributed by atoms with Gasteiger partial charge in [0.25, 0.3) is 0 Å². The van der Waals surface area contributed by atoms with Crippen LogP contribution in [0.3, 0.4) is 0 Å². The molecule has 90 valence electrons. The maximum atomic E-state index is 13.0. The smallest absolute Gasteiger partial charge is 0.123 e. The molecule has 0 radical (unpaired) electrons. The highest BCUT2D eigenvalue weighted by atomic mass is 32.2. The van der Waals surface area contributed by atoms with Gasteiger partial charge in [-0.05, 0) is 31.4 Å². The topological polar surface area (TPSA) is 32.3 Å². The Morgan fingerprint density at radius 1 is 1.44 bits per heavy atom. The fourth-order valence-corrected chi connectivity index (χ4v) is 1.67. The van der Waals surface area contributed by atoms with Crippen LogP contribution in [0.15, 0.2) is 18.2 Å². The molecule has 16 heavy (non-hydrogen) atoms. The average molecular weight is 243 g/mol. The van der Waals surface area contributed by atoms with Crippen LogP contribution in [0.1, 0.15) is 25.5 Å². The normalized spacial score (nSPS) is 14.8. The number of aromatic hydroxyl groups is 1. The van der Waals surface area contributed by atoms with Gasteiger partial charge in [-0.2, -0.15) is 11.8 Å². The minimum Gasteiger partial charge on any atom is -0.508 e. The van der Waals surface area contributed by atoms with Gasteiger partial charge in [-0.1, -0.05) is 6.92 Å². The van der Waals surface area contributed by atoms with Crippen molar-refractivity contribution in [3.05, 3.63) is 29.6 Å². The van der Waals surface area contributed by atoms with E-state index in [2.05, 4.69) is 18.5 Å². The number of phenols is 1. The monoisotopic (exact) mass is 243 g/mol. The summed E-state index contributed by atoms with van der Waals surface area (Å²) in [6.07, 6.45) is 2.05. The maximum Gasteiger partial charge on any atom is 0.123 e. The van der Waals surface area contributed by atoms with E-state index in [0.29, 0.717) is 10.8 Å². The largest absolute Gasteiger partial charge is 0.508 e. The molecule has 0 amide bonds. The molecule has 2 atom stereocenters. The van der Waals surface area contributed by atoms with Gasteiger partial charge in [-0.3, -0.25) is 0 Å². The SMILES string of the molecule is CSC(C)CNC(C)c1cc(F)ccc1O. The number of phenolic OH excluding ortho intramolecular Hbond substituents is 1. The Labute approximate surface area is 100 Å². The minimum atomic E-state index is -0.320. The zero-order valence-corrected chi connectivity index (χ0v) is 10.6. The molecule has 0 heterocycles. The van der Waals surface area contributed by atoms with E-state index in [1.807, 2.05) is 6.92 Å². The third-order valence-corrected chi connectivity index (χ3v) is 3.54. The number of hydrogen-bond acceptors (Lipinski definition) is 3. The Morgan fingerprint density at radius 3 is 2.75 bits per heavy atom. The first kappa shape index (κ1) is 13.3. The Morgan fingerprint density at radius 2 is 2.12 bits per heavy atom. The molecule has 0 saturated heterocycles. The molecule has 0 spiro atoms. The van der Waals surface area contributed by atoms with Crippen molar-refractivity contribution in [1.29, 1.82) is 0 Å². The van der Waals surface area contributed by atoms with Crippen molar-refractivity contribution >= 4 is 11.8 Å². The van der Waals surface area contributed by atoms with E-state index in [-0.39, 0.29) is 17.6 Å². The highest BCUT2D eigenvalue weighted by molar-refractivity contribution is 7.99. The summed E-state index contributed by atoms with van der Waals surface area (Å²) in [6, 6.07) is 3.97. The summed E-state index contributed by atoms with van der Waals surface area (Å²) in [5, 5.41) is 13.4. The second-order valence-corrected chi connectivity index (χ2v) is 5.16. The third-order valence-electron chi connectivity index (χ3n) is 2.57. The Bertz CT molecular complexity index is 346. The van der Waals surface area contributed by atoms with Crippen molar-refractivity contribution in [2.45, 2.75) is 25.1 Å². The van der Waals surface area contributed by atoms with Gasteiger partial charge >= 0.3 is 0 Å². The average Bonchev–Trinajstić information content (AvgIpc) is 2.28. The molecule has 1 aromatic carbocycles. The Hall–Kier alpha value is -0.740. The van der Waals surface area contributed by atoms with E-state index in [1.54, 1.807) is 11.8 Å². The maximum absolute atomic E-state index is 13.0. The standard InChI is InChI=1S/C12H18FNOS/c1-8(16-3)7-14-9(2)11-6-10(13)4-5-12(11)15/h4-6,8-9,14-15H,7H2,1-3H3. The van der Waals surface area contributed by atoms with Crippen LogP contribution in [0.2, 0.25) is 0 Å². The number of thioether (sulfide) groups is 1. The van der Waals surface area contributed by atoms with E-state index in [4.69, 9.17) is 0 Å². The first-order valence-corrected chi connectivity index (χ1v) is 6.58. The highest BCUT2D eigenvalue weighted by Crippen LogP contribution is 2.24. The van der Waals surface area contributed by atoms with Crippen LogP contribution in [0, 0.1) is 5.82 Å². The molecule has 4 heteroatoms. The quantitative estimate of drug-likeness (QED) is 0.834. The predicted molar refractivity (Wildman–Crippen MR) is 67.5 cm³/mol. The van der Waals surface area contributed by atoms with E-state index < -0.39 is 0 Å². The van der Waals surface area contributed by atoms with Crippen molar-refractivity contribution in [1.82, 2.24) is 5.32 Å². The molecule has 2 N–H and O–H groups in total. The van der Waals surface area contributed by atoms with Gasteiger partial charge in [-0.25, -0.2) is 4.39 Å². The fraction of sp³-hybridized carbons (Fsp3) is 0.500. The summed E-state index contributed by atoms with van der Waals surface area (Å²) >= 11 is 1.77. The molecule has 2 nitrogen and oxygen atoms in total. The third kappa shape index (κ3) is 3.68. The van der Waals surface area contributed by atoms with E-state index >= 15 is 0 Å². The molecule has 0 aliphatic rings. The minimum absolute atomic E-state index is 0.0506. The molecule has 0 aliphatic carbocycles. The molecule has 0 aliphatic heterocycles. The van der Waals surface area contributed by atoms with Crippen LogP contribution in [0.5, 0.6) is 5.75 Å². The summed E-state index contributed by atoms with van der Waals surface area (Å²) in [4.78, 5) is 0. The Kier molecular flexibility index (Phi) is 5.09. The van der Waals surface area contributed by atoms with Crippen LogP contribution in [0.25, 0.3) is 0 Å². The number of halogens is 1. The molecule has 1 aromatic rings. The first-order chi connectivity index (χ1) is 7.54. The molecule has 2 unspecified atom stereocenters. The highest BCUT2D eigenvalue weighted by Gasteiger charge is 2.11. The van der Waals surface area contributed by atoms with Gasteiger partial charge in [-0.15, -0.1) is 0 Å². The number of benzene rings is 1. The zero-order valence-electron chi connectivity index (χ0n) is 9.83. The zero-order chi connectivity index (χ0) is 12.1. The molecule has 1 rings (SSSR count). The molecular weight excluding hydrogens is 225 g/mol. The summed E-state index contributed by atoms with van der Waals surface area (Å²) < 4.78 is 13.0. The van der Waals surface area contributed by atoms with Gasteiger partial charge in [0.05, 0.1) is 0 Å². The van der Waals surface area contributed by atoms with Gasteiger partial charge in [0, 0.05) is 23.4 Å². The van der Waals surface area contributed by atoms with Crippen LogP contribution in [-0.2, 0) is 0 Å². The van der Waals surface area contributed by atoms with E-state index in [0.717, 1.165) is 6.54 Å². The summed E-state index contributed by atoms with van der Waals surface area (Å²) in [7, 11) is 0. The lowest BCUT2D eigenvalue weighted by Gasteiger charge is -2.17. The fourth-order valence-electron chi connectivity index (χ4n) is 1.41. The lowest BCUT2D eigenvalue weighted by Crippen LogP contribution is -2.25. The van der Waals surface area contributed by atoms with Crippen molar-refractivity contribution in [3.63, 3.8) is 0 Å².